The first kappa shape index (κ1) is 17.2. The van der Waals surface area contributed by atoms with E-state index in [2.05, 4.69) is 22.8 Å². The summed E-state index contributed by atoms with van der Waals surface area (Å²) in [7, 11) is 0. The van der Waals surface area contributed by atoms with Crippen molar-refractivity contribution in [1.82, 2.24) is 10.6 Å². The summed E-state index contributed by atoms with van der Waals surface area (Å²) in [6.45, 7) is 2.95. The lowest BCUT2D eigenvalue weighted by atomic mass is 10.1. The maximum atomic E-state index is 11.6. The molecule has 4 nitrogen and oxygen atoms in total. The molecule has 0 spiro atoms. The average molecular weight is 290 g/mol. The molecule has 0 bridgehead atoms. The van der Waals surface area contributed by atoms with Crippen molar-refractivity contribution in [1.29, 1.82) is 0 Å². The number of hydrogen-bond acceptors (Lipinski definition) is 2. The summed E-state index contributed by atoms with van der Waals surface area (Å²) in [6, 6.07) is 10.3. The van der Waals surface area contributed by atoms with Crippen LogP contribution in [0, 0.1) is 0 Å². The number of hydrogen-bond donors (Lipinski definition) is 2. The van der Waals surface area contributed by atoms with Gasteiger partial charge in [0.1, 0.15) is 0 Å². The molecule has 0 unspecified atom stereocenters. The highest BCUT2D eigenvalue weighted by Gasteiger charge is 2.00. The number of unbranched alkanes of at least 4 members (excludes halogenated alkanes) is 2. The first-order valence-corrected chi connectivity index (χ1v) is 7.73. The minimum atomic E-state index is 0.00570. The van der Waals surface area contributed by atoms with Crippen molar-refractivity contribution in [3.63, 3.8) is 0 Å². The van der Waals surface area contributed by atoms with E-state index in [1.165, 1.54) is 12.5 Å². The van der Waals surface area contributed by atoms with Gasteiger partial charge in [0.05, 0.1) is 0 Å². The van der Waals surface area contributed by atoms with Crippen molar-refractivity contribution in [3.05, 3.63) is 35.9 Å². The average Bonchev–Trinajstić information content (AvgIpc) is 2.48. The second kappa shape index (κ2) is 10.9. The number of nitrogens with one attached hydrogen (secondary N) is 2. The van der Waals surface area contributed by atoms with E-state index in [0.717, 1.165) is 38.6 Å². The summed E-state index contributed by atoms with van der Waals surface area (Å²) < 4.78 is 0. The highest BCUT2D eigenvalue weighted by molar-refractivity contribution is 5.75. The van der Waals surface area contributed by atoms with Gasteiger partial charge in [-0.3, -0.25) is 9.59 Å². The maximum Gasteiger partial charge on any atom is 0.219 e. The zero-order valence-corrected chi connectivity index (χ0v) is 12.9. The third-order valence-electron chi connectivity index (χ3n) is 3.26. The summed E-state index contributed by atoms with van der Waals surface area (Å²) in [4.78, 5) is 22.3. The van der Waals surface area contributed by atoms with Gasteiger partial charge in [-0.1, -0.05) is 36.8 Å². The molecule has 1 aromatic rings. The van der Waals surface area contributed by atoms with E-state index >= 15 is 0 Å². The van der Waals surface area contributed by atoms with Crippen LogP contribution in [0.3, 0.4) is 0 Å². The molecule has 1 rings (SSSR count). The largest absolute Gasteiger partial charge is 0.356 e. The number of benzene rings is 1. The van der Waals surface area contributed by atoms with Gasteiger partial charge in [-0.25, -0.2) is 0 Å². The van der Waals surface area contributed by atoms with Crippen molar-refractivity contribution in [3.8, 4) is 0 Å². The Morgan fingerprint density at radius 3 is 2.33 bits per heavy atom. The van der Waals surface area contributed by atoms with Crippen LogP contribution in [0.25, 0.3) is 0 Å². The number of carbonyl (C=O) groups excluding carboxylic acids is 2. The van der Waals surface area contributed by atoms with Crippen molar-refractivity contribution in [2.75, 3.05) is 13.1 Å². The lowest BCUT2D eigenvalue weighted by molar-refractivity contribution is -0.121. The summed E-state index contributed by atoms with van der Waals surface area (Å²) in [5, 5.41) is 5.70. The van der Waals surface area contributed by atoms with Crippen LogP contribution in [0.4, 0.5) is 0 Å². The second-order valence-corrected chi connectivity index (χ2v) is 5.23. The Balaban J connectivity index is 1.93. The Hall–Kier alpha value is -1.84. The third kappa shape index (κ3) is 9.66. The van der Waals surface area contributed by atoms with Gasteiger partial charge >= 0.3 is 0 Å². The molecule has 0 aliphatic rings. The molecule has 0 fully saturated rings. The highest BCUT2D eigenvalue weighted by atomic mass is 16.2. The highest BCUT2D eigenvalue weighted by Crippen LogP contribution is 2.02. The fourth-order valence-electron chi connectivity index (χ4n) is 2.11. The zero-order chi connectivity index (χ0) is 15.3. The van der Waals surface area contributed by atoms with Crippen LogP contribution in [0.2, 0.25) is 0 Å². The monoisotopic (exact) mass is 290 g/mol. The van der Waals surface area contributed by atoms with Crippen LogP contribution in [-0.2, 0) is 16.0 Å². The minimum absolute atomic E-state index is 0.00570. The van der Waals surface area contributed by atoms with Crippen LogP contribution in [0.5, 0.6) is 0 Å². The van der Waals surface area contributed by atoms with Crippen LogP contribution < -0.4 is 10.6 Å². The van der Waals surface area contributed by atoms with E-state index in [-0.39, 0.29) is 11.8 Å². The van der Waals surface area contributed by atoms with E-state index in [0.29, 0.717) is 13.0 Å². The molecular formula is C17H26N2O2. The van der Waals surface area contributed by atoms with Crippen molar-refractivity contribution >= 4 is 11.8 Å². The Labute approximate surface area is 127 Å². The number of aryl methyl sites for hydroxylation is 1. The molecule has 21 heavy (non-hydrogen) atoms. The van der Waals surface area contributed by atoms with Gasteiger partial charge in [-0.05, 0) is 31.2 Å². The van der Waals surface area contributed by atoms with Crippen molar-refractivity contribution in [2.45, 2.75) is 45.4 Å². The molecule has 0 saturated carbocycles. The topological polar surface area (TPSA) is 58.2 Å². The quantitative estimate of drug-likeness (QED) is 0.650. The van der Waals surface area contributed by atoms with Crippen LogP contribution in [-0.4, -0.2) is 24.9 Å². The minimum Gasteiger partial charge on any atom is -0.356 e. The molecule has 0 radical (unpaired) electrons. The zero-order valence-electron chi connectivity index (χ0n) is 12.9. The number of carbonyl (C=O) groups is 2. The standard InChI is InChI=1S/C17H26N2O2/c1-15(20)18-13-7-3-6-12-17(21)19-14-8-11-16-9-4-2-5-10-16/h2,4-5,9-10H,3,6-8,11-14H2,1H3,(H,18,20)(H,19,21). The van der Waals surface area contributed by atoms with Gasteiger partial charge in [-0.2, -0.15) is 0 Å². The predicted octanol–water partition coefficient (Wildman–Crippen LogP) is 2.43. The molecule has 2 N–H and O–H groups in total. The van der Waals surface area contributed by atoms with Crippen molar-refractivity contribution < 1.29 is 9.59 Å². The molecule has 0 saturated heterocycles. The normalized spacial score (nSPS) is 10.1. The molecule has 1 aromatic carbocycles. The fraction of sp³-hybridized carbons (Fsp3) is 0.529. The number of rotatable bonds is 10. The first-order valence-electron chi connectivity index (χ1n) is 7.73. The molecule has 0 atom stereocenters. The number of amides is 2. The fourth-order valence-corrected chi connectivity index (χ4v) is 2.11. The van der Waals surface area contributed by atoms with Crippen LogP contribution >= 0.6 is 0 Å². The van der Waals surface area contributed by atoms with E-state index in [1.54, 1.807) is 0 Å². The summed E-state index contributed by atoms with van der Waals surface area (Å²) in [6.07, 6.45) is 5.32. The van der Waals surface area contributed by atoms with Crippen molar-refractivity contribution in [2.24, 2.45) is 0 Å². The Kier molecular flexibility index (Phi) is 8.93. The molecule has 2 amide bonds. The molecule has 0 heterocycles. The molecule has 0 aromatic heterocycles. The first-order chi connectivity index (χ1) is 10.2. The van der Waals surface area contributed by atoms with E-state index < -0.39 is 0 Å². The van der Waals surface area contributed by atoms with E-state index in [1.807, 2.05) is 18.2 Å². The van der Waals surface area contributed by atoms with Gasteiger partial charge in [0.2, 0.25) is 11.8 Å². The molecule has 0 aliphatic heterocycles. The van der Waals surface area contributed by atoms with Gasteiger partial charge in [0.25, 0.3) is 0 Å². The molecule has 0 aliphatic carbocycles. The maximum absolute atomic E-state index is 11.6. The summed E-state index contributed by atoms with van der Waals surface area (Å²) in [5.41, 5.74) is 1.31. The van der Waals surface area contributed by atoms with Gasteiger partial charge in [0, 0.05) is 26.4 Å². The third-order valence-corrected chi connectivity index (χ3v) is 3.26. The van der Waals surface area contributed by atoms with E-state index in [4.69, 9.17) is 0 Å². The summed E-state index contributed by atoms with van der Waals surface area (Å²) in [5.74, 6) is 0.133. The Morgan fingerprint density at radius 1 is 0.905 bits per heavy atom. The molecular weight excluding hydrogens is 264 g/mol. The van der Waals surface area contributed by atoms with Crippen LogP contribution in [0.1, 0.15) is 44.6 Å². The lowest BCUT2D eigenvalue weighted by Gasteiger charge is -2.06. The molecule has 116 valence electrons. The Bertz CT molecular complexity index is 418. The smallest absolute Gasteiger partial charge is 0.219 e. The molecule has 4 heteroatoms. The lowest BCUT2D eigenvalue weighted by Crippen LogP contribution is -2.24. The van der Waals surface area contributed by atoms with Gasteiger partial charge in [0.15, 0.2) is 0 Å². The van der Waals surface area contributed by atoms with Gasteiger partial charge < -0.3 is 10.6 Å². The van der Waals surface area contributed by atoms with E-state index in [9.17, 15) is 9.59 Å². The van der Waals surface area contributed by atoms with Gasteiger partial charge in [-0.15, -0.1) is 0 Å². The van der Waals surface area contributed by atoms with Crippen LogP contribution in [0.15, 0.2) is 30.3 Å². The predicted molar refractivity (Wildman–Crippen MR) is 84.9 cm³/mol. The second-order valence-electron chi connectivity index (χ2n) is 5.23. The Morgan fingerprint density at radius 2 is 1.62 bits per heavy atom. The summed E-state index contributed by atoms with van der Waals surface area (Å²) >= 11 is 0. The SMILES string of the molecule is CC(=O)NCCCCCC(=O)NCCCc1ccccc1.